The van der Waals surface area contributed by atoms with Crippen LogP contribution in [0.5, 0.6) is 0 Å². The molecule has 1 aromatic heterocycles. The number of aryl methyl sites for hydroxylation is 1. The van der Waals surface area contributed by atoms with E-state index in [9.17, 15) is 9.59 Å². The Kier molecular flexibility index (Phi) is 7.18. The second-order valence-corrected chi connectivity index (χ2v) is 9.51. The number of para-hydroxylation sites is 1. The highest BCUT2D eigenvalue weighted by molar-refractivity contribution is 6.05. The molecule has 2 amide bonds. The number of benzene rings is 3. The summed E-state index contributed by atoms with van der Waals surface area (Å²) in [6, 6.07) is 21.3. The minimum Gasteiger partial charge on any atom is -0.367 e. The first-order valence-corrected chi connectivity index (χ1v) is 12.7. The SMILES string of the molecule is Cc1ccccc1N1CCN(C(=O)Cc2ccc(NC(=O)c3ccc4nc[nH]c4c3)cc2)C(CCN)C1. The zero-order valence-electron chi connectivity index (χ0n) is 21.0. The van der Waals surface area contributed by atoms with E-state index in [0.717, 1.165) is 36.1 Å². The van der Waals surface area contributed by atoms with Crippen molar-refractivity contribution in [1.29, 1.82) is 0 Å². The lowest BCUT2D eigenvalue weighted by Gasteiger charge is -2.43. The Labute approximate surface area is 216 Å². The minimum atomic E-state index is -0.198. The first kappa shape index (κ1) is 24.5. The average molecular weight is 497 g/mol. The molecule has 1 aliphatic heterocycles. The maximum atomic E-state index is 13.3. The van der Waals surface area contributed by atoms with E-state index in [4.69, 9.17) is 5.73 Å². The van der Waals surface area contributed by atoms with Crippen molar-refractivity contribution in [2.24, 2.45) is 5.73 Å². The number of hydrogen-bond acceptors (Lipinski definition) is 5. The molecule has 190 valence electrons. The number of nitrogens with zero attached hydrogens (tertiary/aromatic N) is 3. The molecule has 1 saturated heterocycles. The van der Waals surface area contributed by atoms with Crippen LogP contribution >= 0.6 is 0 Å². The fourth-order valence-corrected chi connectivity index (χ4v) is 5.02. The largest absolute Gasteiger partial charge is 0.367 e. The maximum absolute atomic E-state index is 13.3. The quantitative estimate of drug-likeness (QED) is 0.361. The molecular weight excluding hydrogens is 464 g/mol. The van der Waals surface area contributed by atoms with Crippen molar-refractivity contribution in [2.75, 3.05) is 36.4 Å². The molecule has 0 aliphatic carbocycles. The van der Waals surface area contributed by atoms with Gasteiger partial charge in [-0.15, -0.1) is 0 Å². The number of amides is 2. The number of carbonyl (C=O) groups excluding carboxylic acids is 2. The smallest absolute Gasteiger partial charge is 0.255 e. The molecule has 37 heavy (non-hydrogen) atoms. The number of hydrogen-bond donors (Lipinski definition) is 3. The van der Waals surface area contributed by atoms with E-state index in [1.54, 1.807) is 18.5 Å². The van der Waals surface area contributed by atoms with Crippen LogP contribution in [-0.4, -0.2) is 58.9 Å². The number of piperazine rings is 1. The van der Waals surface area contributed by atoms with Crippen LogP contribution in [0.4, 0.5) is 11.4 Å². The third-order valence-electron chi connectivity index (χ3n) is 7.01. The third kappa shape index (κ3) is 5.49. The van der Waals surface area contributed by atoms with E-state index in [2.05, 4.69) is 45.3 Å². The molecular formula is C29H32N6O2. The molecule has 0 saturated carbocycles. The highest BCUT2D eigenvalue weighted by Gasteiger charge is 2.30. The van der Waals surface area contributed by atoms with Crippen LogP contribution in [0.1, 0.15) is 27.9 Å². The zero-order chi connectivity index (χ0) is 25.8. The van der Waals surface area contributed by atoms with Crippen molar-refractivity contribution in [3.8, 4) is 0 Å². The summed E-state index contributed by atoms with van der Waals surface area (Å²) >= 11 is 0. The van der Waals surface area contributed by atoms with Crippen LogP contribution in [-0.2, 0) is 11.2 Å². The van der Waals surface area contributed by atoms with Gasteiger partial charge in [0, 0.05) is 36.6 Å². The van der Waals surface area contributed by atoms with Crippen LogP contribution in [0.25, 0.3) is 11.0 Å². The van der Waals surface area contributed by atoms with E-state index >= 15 is 0 Å². The van der Waals surface area contributed by atoms with Crippen molar-refractivity contribution >= 4 is 34.2 Å². The fourth-order valence-electron chi connectivity index (χ4n) is 5.02. The van der Waals surface area contributed by atoms with E-state index in [1.807, 2.05) is 41.3 Å². The van der Waals surface area contributed by atoms with E-state index < -0.39 is 0 Å². The lowest BCUT2D eigenvalue weighted by molar-refractivity contribution is -0.133. The standard InChI is InChI=1S/C29H32N6O2/c1-20-4-2-3-5-27(20)34-14-15-35(24(18-34)12-13-30)28(36)16-21-6-9-23(10-7-21)33-29(37)22-8-11-25-26(17-22)32-19-31-25/h2-11,17,19,24H,12-16,18,30H2,1H3,(H,31,32)(H,33,37). The van der Waals surface area contributed by atoms with Crippen molar-refractivity contribution < 1.29 is 9.59 Å². The maximum Gasteiger partial charge on any atom is 0.255 e. The van der Waals surface area contributed by atoms with Crippen molar-refractivity contribution in [2.45, 2.75) is 25.8 Å². The van der Waals surface area contributed by atoms with Gasteiger partial charge < -0.3 is 25.8 Å². The Morgan fingerprint density at radius 1 is 1.08 bits per heavy atom. The monoisotopic (exact) mass is 496 g/mol. The normalized spacial score (nSPS) is 15.7. The van der Waals surface area contributed by atoms with Crippen LogP contribution in [0.3, 0.4) is 0 Å². The number of nitrogens with one attached hydrogen (secondary N) is 2. The molecule has 8 heteroatoms. The van der Waals surface area contributed by atoms with Gasteiger partial charge in [0.1, 0.15) is 0 Å². The molecule has 1 fully saturated rings. The molecule has 0 bridgehead atoms. The first-order valence-electron chi connectivity index (χ1n) is 12.7. The Bertz CT molecular complexity index is 1400. The number of aromatic amines is 1. The molecule has 1 aliphatic rings. The Morgan fingerprint density at radius 2 is 1.89 bits per heavy atom. The Morgan fingerprint density at radius 3 is 2.68 bits per heavy atom. The van der Waals surface area contributed by atoms with Gasteiger partial charge in [-0.25, -0.2) is 4.98 Å². The Hall–Kier alpha value is -4.17. The van der Waals surface area contributed by atoms with Crippen molar-refractivity contribution in [1.82, 2.24) is 14.9 Å². The van der Waals surface area contributed by atoms with Gasteiger partial charge in [0.15, 0.2) is 0 Å². The number of imidazole rings is 1. The highest BCUT2D eigenvalue weighted by atomic mass is 16.2. The molecule has 1 unspecified atom stereocenters. The summed E-state index contributed by atoms with van der Waals surface area (Å²) in [5.41, 5.74) is 12.1. The summed E-state index contributed by atoms with van der Waals surface area (Å²) in [6.07, 6.45) is 2.69. The molecule has 2 heterocycles. The average Bonchev–Trinajstić information content (AvgIpc) is 3.38. The third-order valence-corrected chi connectivity index (χ3v) is 7.01. The fraction of sp³-hybridized carbons (Fsp3) is 0.276. The van der Waals surface area contributed by atoms with Crippen LogP contribution < -0.4 is 16.0 Å². The van der Waals surface area contributed by atoms with Crippen LogP contribution in [0, 0.1) is 6.92 Å². The van der Waals surface area contributed by atoms with Crippen LogP contribution in [0.15, 0.2) is 73.1 Å². The summed E-state index contributed by atoms with van der Waals surface area (Å²) in [5.74, 6) is -0.0935. The second-order valence-electron chi connectivity index (χ2n) is 9.51. The van der Waals surface area contributed by atoms with Gasteiger partial charge in [0.2, 0.25) is 5.91 Å². The number of aromatic nitrogens is 2. The predicted molar refractivity (Wildman–Crippen MR) is 147 cm³/mol. The molecule has 1 atom stereocenters. The van der Waals surface area contributed by atoms with Gasteiger partial charge in [0.05, 0.1) is 29.8 Å². The Balaban J connectivity index is 1.20. The second kappa shape index (κ2) is 10.8. The molecule has 0 spiro atoms. The van der Waals surface area contributed by atoms with Gasteiger partial charge in [-0.1, -0.05) is 30.3 Å². The summed E-state index contributed by atoms with van der Waals surface area (Å²) in [5, 5.41) is 2.92. The number of carbonyl (C=O) groups is 2. The van der Waals surface area contributed by atoms with Gasteiger partial charge >= 0.3 is 0 Å². The highest BCUT2D eigenvalue weighted by Crippen LogP contribution is 2.24. The minimum absolute atomic E-state index is 0.0802. The summed E-state index contributed by atoms with van der Waals surface area (Å²) in [7, 11) is 0. The lowest BCUT2D eigenvalue weighted by atomic mass is 10.0. The topological polar surface area (TPSA) is 107 Å². The van der Waals surface area contributed by atoms with Gasteiger partial charge in [-0.3, -0.25) is 9.59 Å². The molecule has 3 aromatic carbocycles. The molecule has 4 aromatic rings. The number of nitrogens with two attached hydrogens (primary N) is 1. The van der Waals surface area contributed by atoms with Crippen molar-refractivity contribution in [3.05, 3.63) is 89.7 Å². The first-order chi connectivity index (χ1) is 18.0. The summed E-state index contributed by atoms with van der Waals surface area (Å²) in [4.78, 5) is 37.5. The van der Waals surface area contributed by atoms with Gasteiger partial charge in [0.25, 0.3) is 5.91 Å². The zero-order valence-corrected chi connectivity index (χ0v) is 21.0. The van der Waals surface area contributed by atoms with E-state index in [-0.39, 0.29) is 17.9 Å². The van der Waals surface area contributed by atoms with E-state index in [0.29, 0.717) is 30.8 Å². The molecule has 8 nitrogen and oxygen atoms in total. The predicted octanol–water partition coefficient (Wildman–Crippen LogP) is 3.73. The number of rotatable bonds is 7. The number of H-pyrrole nitrogens is 1. The molecule has 5 rings (SSSR count). The molecule has 4 N–H and O–H groups in total. The lowest BCUT2D eigenvalue weighted by Crippen LogP contribution is -2.56. The van der Waals surface area contributed by atoms with Gasteiger partial charge in [-0.05, 0) is 67.4 Å². The summed E-state index contributed by atoms with van der Waals surface area (Å²) < 4.78 is 0. The summed E-state index contributed by atoms with van der Waals surface area (Å²) in [6.45, 7) is 4.91. The van der Waals surface area contributed by atoms with Crippen molar-refractivity contribution in [3.63, 3.8) is 0 Å². The molecule has 0 radical (unpaired) electrons. The van der Waals surface area contributed by atoms with Crippen LogP contribution in [0.2, 0.25) is 0 Å². The number of fused-ring (bicyclic) bond motifs is 1. The number of anilines is 2. The van der Waals surface area contributed by atoms with E-state index in [1.165, 1.54) is 11.3 Å². The van der Waals surface area contributed by atoms with Gasteiger partial charge in [-0.2, -0.15) is 0 Å².